The molecule has 1 aromatic carbocycles. The molecule has 0 saturated carbocycles. The number of hydrogen-bond acceptors (Lipinski definition) is 4. The lowest BCUT2D eigenvalue weighted by molar-refractivity contribution is -0.120. The second kappa shape index (κ2) is 8.93. The standard InChI is InChI=1S/C23H28N4O/c1-17(2)19-4-6-20(7-5-19)21(22(24)28)27-16-23(10-3-11-26-15-23)14-18-8-12-25-13-9-18/h3-13,17,21,27H,14-16H2,1-2H3,(H2,24,28). The van der Waals surface area contributed by atoms with E-state index in [1.54, 1.807) is 12.4 Å². The van der Waals surface area contributed by atoms with E-state index in [0.29, 0.717) is 19.0 Å². The van der Waals surface area contributed by atoms with Gasteiger partial charge in [0.25, 0.3) is 0 Å². The zero-order chi connectivity index (χ0) is 20.0. The Bertz CT molecular complexity index is 843. The molecule has 2 unspecified atom stereocenters. The van der Waals surface area contributed by atoms with E-state index >= 15 is 0 Å². The van der Waals surface area contributed by atoms with Gasteiger partial charge < -0.3 is 11.1 Å². The molecule has 2 atom stereocenters. The molecule has 0 saturated heterocycles. The first kappa shape index (κ1) is 20.0. The van der Waals surface area contributed by atoms with Crippen LogP contribution in [0.4, 0.5) is 0 Å². The summed E-state index contributed by atoms with van der Waals surface area (Å²) in [7, 11) is 0. The number of hydrogen-bond donors (Lipinski definition) is 2. The molecule has 0 radical (unpaired) electrons. The minimum Gasteiger partial charge on any atom is -0.368 e. The lowest BCUT2D eigenvalue weighted by Crippen LogP contribution is -2.43. The van der Waals surface area contributed by atoms with E-state index in [-0.39, 0.29) is 11.3 Å². The molecule has 2 heterocycles. The number of carbonyl (C=O) groups excluding carboxylic acids is 1. The topological polar surface area (TPSA) is 80.4 Å². The Hall–Kier alpha value is -2.79. The van der Waals surface area contributed by atoms with E-state index < -0.39 is 6.04 Å². The number of allylic oxidation sites excluding steroid dienone is 1. The van der Waals surface area contributed by atoms with Crippen molar-refractivity contribution in [2.45, 2.75) is 32.2 Å². The number of carbonyl (C=O) groups is 1. The number of dihydropyridines is 1. The van der Waals surface area contributed by atoms with Crippen LogP contribution in [0.25, 0.3) is 0 Å². The summed E-state index contributed by atoms with van der Waals surface area (Å²) in [6.07, 6.45) is 10.4. The van der Waals surface area contributed by atoms with Crippen LogP contribution in [0.3, 0.4) is 0 Å². The van der Waals surface area contributed by atoms with Crippen LogP contribution >= 0.6 is 0 Å². The highest BCUT2D eigenvalue weighted by Crippen LogP contribution is 2.28. The van der Waals surface area contributed by atoms with Crippen LogP contribution in [0, 0.1) is 5.41 Å². The molecule has 0 bridgehead atoms. The number of primary amides is 1. The predicted molar refractivity (Wildman–Crippen MR) is 113 cm³/mol. The maximum Gasteiger partial charge on any atom is 0.239 e. The maximum absolute atomic E-state index is 12.2. The van der Waals surface area contributed by atoms with E-state index in [4.69, 9.17) is 5.73 Å². The molecule has 5 heteroatoms. The third-order valence-electron chi connectivity index (χ3n) is 5.23. The van der Waals surface area contributed by atoms with Crippen LogP contribution in [0.15, 0.2) is 65.9 Å². The lowest BCUT2D eigenvalue weighted by atomic mass is 9.80. The number of nitrogens with zero attached hydrogens (tertiary/aromatic N) is 2. The van der Waals surface area contributed by atoms with Crippen molar-refractivity contribution < 1.29 is 4.79 Å². The number of nitrogens with two attached hydrogens (primary N) is 1. The number of rotatable bonds is 8. The molecule has 0 aliphatic carbocycles. The molecule has 1 aliphatic heterocycles. The van der Waals surface area contributed by atoms with Gasteiger partial charge in [-0.05, 0) is 47.2 Å². The van der Waals surface area contributed by atoms with Gasteiger partial charge in [0.05, 0.1) is 0 Å². The van der Waals surface area contributed by atoms with Crippen molar-refractivity contribution in [3.05, 3.63) is 77.6 Å². The highest BCUT2D eigenvalue weighted by Gasteiger charge is 2.30. The van der Waals surface area contributed by atoms with E-state index in [1.165, 1.54) is 11.1 Å². The van der Waals surface area contributed by atoms with Gasteiger partial charge in [-0.15, -0.1) is 0 Å². The molecule has 1 aliphatic rings. The molecule has 146 valence electrons. The Morgan fingerprint density at radius 2 is 1.82 bits per heavy atom. The number of nitrogens with one attached hydrogen (secondary N) is 1. The monoisotopic (exact) mass is 376 g/mol. The number of aromatic nitrogens is 1. The summed E-state index contributed by atoms with van der Waals surface area (Å²) in [5, 5.41) is 3.40. The van der Waals surface area contributed by atoms with Crippen molar-refractivity contribution in [2.24, 2.45) is 16.1 Å². The van der Waals surface area contributed by atoms with E-state index in [9.17, 15) is 4.79 Å². The predicted octanol–water partition coefficient (Wildman–Crippen LogP) is 3.19. The largest absolute Gasteiger partial charge is 0.368 e. The van der Waals surface area contributed by atoms with Gasteiger partial charge in [0.1, 0.15) is 6.04 Å². The highest BCUT2D eigenvalue weighted by atomic mass is 16.1. The quantitative estimate of drug-likeness (QED) is 0.742. The van der Waals surface area contributed by atoms with Gasteiger partial charge in [-0.25, -0.2) is 0 Å². The molecule has 3 rings (SSSR count). The third kappa shape index (κ3) is 4.93. The second-order valence-corrected chi connectivity index (χ2v) is 7.78. The van der Waals surface area contributed by atoms with Gasteiger partial charge in [0.2, 0.25) is 5.91 Å². The minimum atomic E-state index is -0.533. The Labute approximate surface area is 166 Å². The first-order chi connectivity index (χ1) is 13.5. The van der Waals surface area contributed by atoms with Gasteiger partial charge >= 0.3 is 0 Å². The Morgan fingerprint density at radius 1 is 1.14 bits per heavy atom. The van der Waals surface area contributed by atoms with Crippen molar-refractivity contribution in [1.29, 1.82) is 0 Å². The van der Waals surface area contributed by atoms with Crippen molar-refractivity contribution >= 4 is 12.1 Å². The Balaban J connectivity index is 1.77. The second-order valence-electron chi connectivity index (χ2n) is 7.78. The van der Waals surface area contributed by atoms with Gasteiger partial charge in [-0.3, -0.25) is 14.8 Å². The summed E-state index contributed by atoms with van der Waals surface area (Å²) in [5.74, 6) is 0.0718. The van der Waals surface area contributed by atoms with Crippen molar-refractivity contribution in [3.8, 4) is 0 Å². The summed E-state index contributed by atoms with van der Waals surface area (Å²) < 4.78 is 0. The number of benzene rings is 1. The average molecular weight is 377 g/mol. The molecule has 0 spiro atoms. The molecule has 28 heavy (non-hydrogen) atoms. The fraction of sp³-hybridized carbons (Fsp3) is 0.348. The van der Waals surface area contributed by atoms with Crippen molar-refractivity contribution in [1.82, 2.24) is 10.3 Å². The molecule has 5 nitrogen and oxygen atoms in total. The van der Waals surface area contributed by atoms with Gasteiger partial charge in [0, 0.05) is 37.1 Å². The molecule has 0 fully saturated rings. The third-order valence-corrected chi connectivity index (χ3v) is 5.23. The van der Waals surface area contributed by atoms with E-state index in [2.05, 4.69) is 47.3 Å². The molecule has 3 N–H and O–H groups in total. The van der Waals surface area contributed by atoms with Gasteiger partial charge in [0.15, 0.2) is 0 Å². The molecule has 1 amide bonds. The molecular weight excluding hydrogens is 348 g/mol. The zero-order valence-electron chi connectivity index (χ0n) is 16.5. The van der Waals surface area contributed by atoms with Crippen LogP contribution in [-0.4, -0.2) is 30.2 Å². The Kier molecular flexibility index (Phi) is 6.37. The SMILES string of the molecule is CC(C)c1ccc(C(NCC2(Cc3ccncc3)C=CC=NC2)C(N)=O)cc1. The summed E-state index contributed by atoms with van der Waals surface area (Å²) >= 11 is 0. The first-order valence-electron chi connectivity index (χ1n) is 9.68. The summed E-state index contributed by atoms with van der Waals surface area (Å²) in [4.78, 5) is 20.7. The van der Waals surface area contributed by atoms with Crippen molar-refractivity contribution in [3.63, 3.8) is 0 Å². The minimum absolute atomic E-state index is 0.207. The first-order valence-corrected chi connectivity index (χ1v) is 9.68. The molecular formula is C23H28N4O. The van der Waals surface area contributed by atoms with Gasteiger partial charge in [-0.1, -0.05) is 44.2 Å². The normalized spacial score (nSPS) is 19.7. The zero-order valence-corrected chi connectivity index (χ0v) is 16.5. The number of pyridine rings is 1. The summed E-state index contributed by atoms with van der Waals surface area (Å²) in [5.41, 5.74) is 8.83. The van der Waals surface area contributed by atoms with Crippen LogP contribution in [0.2, 0.25) is 0 Å². The number of aliphatic imine (C=N–C) groups is 1. The lowest BCUT2D eigenvalue weighted by Gasteiger charge is -2.33. The van der Waals surface area contributed by atoms with Crippen LogP contribution in [-0.2, 0) is 11.2 Å². The fourth-order valence-electron chi connectivity index (χ4n) is 3.56. The maximum atomic E-state index is 12.2. The Morgan fingerprint density at radius 3 is 2.39 bits per heavy atom. The van der Waals surface area contributed by atoms with Crippen LogP contribution < -0.4 is 11.1 Å². The molecule has 2 aromatic rings. The summed E-state index contributed by atoms with van der Waals surface area (Å²) in [6.45, 7) is 5.56. The van der Waals surface area contributed by atoms with E-state index in [0.717, 1.165) is 12.0 Å². The average Bonchev–Trinajstić information content (AvgIpc) is 2.70. The smallest absolute Gasteiger partial charge is 0.239 e. The van der Waals surface area contributed by atoms with Gasteiger partial charge in [-0.2, -0.15) is 0 Å². The van der Waals surface area contributed by atoms with E-state index in [1.807, 2.05) is 36.6 Å². The molecule has 1 aromatic heterocycles. The summed E-state index contributed by atoms with van der Waals surface area (Å²) in [6, 6.07) is 11.6. The fourth-order valence-corrected chi connectivity index (χ4v) is 3.56. The number of amides is 1. The van der Waals surface area contributed by atoms with Crippen LogP contribution in [0.5, 0.6) is 0 Å². The van der Waals surface area contributed by atoms with Crippen molar-refractivity contribution in [2.75, 3.05) is 13.1 Å². The van der Waals surface area contributed by atoms with Crippen LogP contribution in [0.1, 0.15) is 42.5 Å². The highest BCUT2D eigenvalue weighted by molar-refractivity contribution is 5.81.